The SMILES string of the molecule is Cc1ccccc1CN1CCN(CN2C(=O)c3cccc4cccc2c34)CC1. The lowest BCUT2D eigenvalue weighted by Gasteiger charge is -2.37. The lowest BCUT2D eigenvalue weighted by molar-refractivity contribution is 0.0934. The highest BCUT2D eigenvalue weighted by molar-refractivity contribution is 6.24. The Kier molecular flexibility index (Phi) is 4.38. The molecular formula is C24H25N3O. The Labute approximate surface area is 166 Å². The molecule has 1 fully saturated rings. The average Bonchev–Trinajstić information content (AvgIpc) is 2.99. The lowest BCUT2D eigenvalue weighted by Crippen LogP contribution is -2.50. The van der Waals surface area contributed by atoms with E-state index in [2.05, 4.69) is 59.2 Å². The highest BCUT2D eigenvalue weighted by Gasteiger charge is 2.31. The molecule has 0 aromatic heterocycles. The highest BCUT2D eigenvalue weighted by Crippen LogP contribution is 2.37. The molecule has 2 aliphatic rings. The molecular weight excluding hydrogens is 346 g/mol. The minimum Gasteiger partial charge on any atom is -0.297 e. The molecule has 2 aliphatic heterocycles. The van der Waals surface area contributed by atoms with Gasteiger partial charge < -0.3 is 0 Å². The first-order valence-electron chi connectivity index (χ1n) is 10.0. The molecule has 0 spiro atoms. The molecule has 0 aliphatic carbocycles. The summed E-state index contributed by atoms with van der Waals surface area (Å²) in [5.41, 5.74) is 4.66. The number of amides is 1. The van der Waals surface area contributed by atoms with Crippen LogP contribution in [0.1, 0.15) is 21.5 Å². The minimum atomic E-state index is 0.133. The van der Waals surface area contributed by atoms with Crippen molar-refractivity contribution in [1.82, 2.24) is 9.80 Å². The third-order valence-electron chi connectivity index (χ3n) is 6.11. The van der Waals surface area contributed by atoms with Crippen molar-refractivity contribution in [2.45, 2.75) is 13.5 Å². The molecule has 5 rings (SSSR count). The Morgan fingerprint density at radius 3 is 2.32 bits per heavy atom. The summed E-state index contributed by atoms with van der Waals surface area (Å²) in [5.74, 6) is 0.133. The Morgan fingerprint density at radius 1 is 0.821 bits per heavy atom. The third-order valence-corrected chi connectivity index (χ3v) is 6.11. The van der Waals surface area contributed by atoms with Crippen molar-refractivity contribution in [3.8, 4) is 0 Å². The molecule has 0 radical (unpaired) electrons. The molecule has 142 valence electrons. The number of nitrogens with zero attached hydrogens (tertiary/aromatic N) is 3. The van der Waals surface area contributed by atoms with Gasteiger partial charge in [0.25, 0.3) is 5.91 Å². The fourth-order valence-electron chi connectivity index (χ4n) is 4.44. The number of carbonyl (C=O) groups is 1. The molecule has 3 aromatic rings. The van der Waals surface area contributed by atoms with E-state index in [4.69, 9.17) is 0 Å². The largest absolute Gasteiger partial charge is 0.297 e. The summed E-state index contributed by atoms with van der Waals surface area (Å²) in [6.07, 6.45) is 0. The van der Waals surface area contributed by atoms with E-state index < -0.39 is 0 Å². The second-order valence-electron chi connectivity index (χ2n) is 7.88. The van der Waals surface area contributed by atoms with E-state index in [0.717, 1.165) is 54.7 Å². The van der Waals surface area contributed by atoms with E-state index in [-0.39, 0.29) is 5.91 Å². The maximum Gasteiger partial charge on any atom is 0.260 e. The standard InChI is InChI=1S/C24H25N3O/c1-18-6-2-3-7-20(18)16-25-12-14-26(15-13-25)17-27-22-11-5-9-19-8-4-10-21(23(19)22)24(27)28/h2-11H,12-17H2,1H3. The van der Waals surface area contributed by atoms with Crippen LogP contribution in [0.15, 0.2) is 60.7 Å². The molecule has 4 nitrogen and oxygen atoms in total. The van der Waals surface area contributed by atoms with Gasteiger partial charge in [0.05, 0.1) is 12.4 Å². The van der Waals surface area contributed by atoms with Crippen LogP contribution < -0.4 is 4.90 Å². The highest BCUT2D eigenvalue weighted by atomic mass is 16.2. The van der Waals surface area contributed by atoms with Gasteiger partial charge in [0.2, 0.25) is 0 Å². The van der Waals surface area contributed by atoms with Crippen LogP contribution in [0.3, 0.4) is 0 Å². The summed E-state index contributed by atoms with van der Waals surface area (Å²) >= 11 is 0. The van der Waals surface area contributed by atoms with Crippen LogP contribution >= 0.6 is 0 Å². The second-order valence-corrected chi connectivity index (χ2v) is 7.88. The van der Waals surface area contributed by atoms with Crippen molar-refractivity contribution in [3.63, 3.8) is 0 Å². The van der Waals surface area contributed by atoms with Crippen molar-refractivity contribution < 1.29 is 4.79 Å². The van der Waals surface area contributed by atoms with Crippen LogP contribution in [0.2, 0.25) is 0 Å². The van der Waals surface area contributed by atoms with Crippen molar-refractivity contribution in [1.29, 1.82) is 0 Å². The zero-order valence-electron chi connectivity index (χ0n) is 16.3. The van der Waals surface area contributed by atoms with E-state index in [0.29, 0.717) is 6.67 Å². The molecule has 2 heterocycles. The summed E-state index contributed by atoms with van der Waals surface area (Å²) in [6.45, 7) is 7.91. The summed E-state index contributed by atoms with van der Waals surface area (Å²) in [5, 5.41) is 2.25. The normalized spacial score (nSPS) is 17.6. The fourth-order valence-corrected chi connectivity index (χ4v) is 4.44. The van der Waals surface area contributed by atoms with Crippen molar-refractivity contribution in [3.05, 3.63) is 77.4 Å². The second kappa shape index (κ2) is 7.04. The van der Waals surface area contributed by atoms with E-state index in [1.54, 1.807) is 0 Å². The maximum absolute atomic E-state index is 13.0. The van der Waals surface area contributed by atoms with Gasteiger partial charge in [0, 0.05) is 43.7 Å². The van der Waals surface area contributed by atoms with Gasteiger partial charge in [-0.1, -0.05) is 48.5 Å². The zero-order valence-corrected chi connectivity index (χ0v) is 16.3. The van der Waals surface area contributed by atoms with Crippen molar-refractivity contribution in [2.75, 3.05) is 37.7 Å². The van der Waals surface area contributed by atoms with E-state index in [1.165, 1.54) is 11.1 Å². The van der Waals surface area contributed by atoms with Gasteiger partial charge in [-0.3, -0.25) is 19.5 Å². The third kappa shape index (κ3) is 2.99. The zero-order chi connectivity index (χ0) is 19.1. The van der Waals surface area contributed by atoms with E-state index >= 15 is 0 Å². The number of aryl methyl sites for hydroxylation is 1. The fraction of sp³-hybridized carbons (Fsp3) is 0.292. The van der Waals surface area contributed by atoms with Crippen LogP contribution in [-0.4, -0.2) is 48.6 Å². The summed E-state index contributed by atoms with van der Waals surface area (Å²) in [7, 11) is 0. The first-order chi connectivity index (χ1) is 13.7. The Morgan fingerprint density at radius 2 is 1.54 bits per heavy atom. The molecule has 0 unspecified atom stereocenters. The van der Waals surface area contributed by atoms with Crippen molar-refractivity contribution in [2.24, 2.45) is 0 Å². The van der Waals surface area contributed by atoms with Crippen LogP contribution in [0.25, 0.3) is 10.8 Å². The predicted molar refractivity (Wildman–Crippen MR) is 114 cm³/mol. The quantitative estimate of drug-likeness (QED) is 0.696. The number of carbonyl (C=O) groups excluding carboxylic acids is 1. The van der Waals surface area contributed by atoms with Gasteiger partial charge in [0.15, 0.2) is 0 Å². The molecule has 3 aromatic carbocycles. The van der Waals surface area contributed by atoms with Gasteiger partial charge in [-0.25, -0.2) is 0 Å². The first kappa shape index (κ1) is 17.4. The van der Waals surface area contributed by atoms with Gasteiger partial charge in [0.1, 0.15) is 0 Å². The number of hydrogen-bond donors (Lipinski definition) is 0. The average molecular weight is 371 g/mol. The number of hydrogen-bond acceptors (Lipinski definition) is 3. The Bertz CT molecular complexity index is 1030. The topological polar surface area (TPSA) is 26.8 Å². The van der Waals surface area contributed by atoms with E-state index in [1.807, 2.05) is 23.1 Å². The van der Waals surface area contributed by atoms with Gasteiger partial charge >= 0.3 is 0 Å². The molecule has 0 N–H and O–H groups in total. The molecule has 4 heteroatoms. The Balaban J connectivity index is 1.26. The number of piperazine rings is 1. The number of anilines is 1. The van der Waals surface area contributed by atoms with Crippen LogP contribution in [0.5, 0.6) is 0 Å². The summed E-state index contributed by atoms with van der Waals surface area (Å²) < 4.78 is 0. The number of benzene rings is 3. The monoisotopic (exact) mass is 371 g/mol. The van der Waals surface area contributed by atoms with Gasteiger partial charge in [-0.15, -0.1) is 0 Å². The van der Waals surface area contributed by atoms with Crippen molar-refractivity contribution >= 4 is 22.4 Å². The number of rotatable bonds is 4. The maximum atomic E-state index is 13.0. The lowest BCUT2D eigenvalue weighted by atomic mass is 10.1. The first-order valence-corrected chi connectivity index (χ1v) is 10.0. The summed E-state index contributed by atoms with van der Waals surface area (Å²) in [6, 6.07) is 20.9. The molecule has 0 saturated carbocycles. The van der Waals surface area contributed by atoms with Gasteiger partial charge in [-0.2, -0.15) is 0 Å². The molecule has 0 bridgehead atoms. The molecule has 28 heavy (non-hydrogen) atoms. The molecule has 1 saturated heterocycles. The smallest absolute Gasteiger partial charge is 0.260 e. The van der Waals surface area contributed by atoms with Crippen LogP contribution in [-0.2, 0) is 6.54 Å². The minimum absolute atomic E-state index is 0.133. The van der Waals surface area contributed by atoms with Crippen LogP contribution in [0.4, 0.5) is 5.69 Å². The van der Waals surface area contributed by atoms with Gasteiger partial charge in [-0.05, 0) is 35.6 Å². The molecule has 0 atom stereocenters. The predicted octanol–water partition coefficient (Wildman–Crippen LogP) is 3.88. The van der Waals surface area contributed by atoms with E-state index in [9.17, 15) is 4.79 Å². The molecule has 1 amide bonds. The Hall–Kier alpha value is -2.69. The summed E-state index contributed by atoms with van der Waals surface area (Å²) in [4.78, 5) is 19.8. The van der Waals surface area contributed by atoms with Crippen LogP contribution in [0, 0.1) is 6.92 Å².